The zero-order valence-electron chi connectivity index (χ0n) is 16.4. The number of H-pyrrole nitrogens is 1. The van der Waals surface area contributed by atoms with E-state index in [0.29, 0.717) is 11.2 Å². The second-order valence-electron chi connectivity index (χ2n) is 7.58. The Bertz CT molecular complexity index is 1200. The zero-order chi connectivity index (χ0) is 20.5. The number of nitrogens with zero attached hydrogens (tertiary/aromatic N) is 3. The molecule has 150 valence electrons. The summed E-state index contributed by atoms with van der Waals surface area (Å²) in [5.41, 5.74) is 4.76. The number of halogens is 1. The maximum absolute atomic E-state index is 13.6. The minimum Gasteiger partial charge on any atom is -0.339 e. The molecule has 1 amide bonds. The molecule has 30 heavy (non-hydrogen) atoms. The normalized spacial score (nSPS) is 14.2. The third-order valence-corrected chi connectivity index (χ3v) is 6.13. The van der Waals surface area contributed by atoms with Crippen LogP contribution in [0.15, 0.2) is 65.1 Å². The third-order valence-electron chi connectivity index (χ3n) is 5.60. The molecule has 2 aromatic heterocycles. The van der Waals surface area contributed by atoms with E-state index in [2.05, 4.69) is 26.1 Å². The van der Waals surface area contributed by atoms with E-state index in [-0.39, 0.29) is 5.91 Å². The van der Waals surface area contributed by atoms with Crippen LogP contribution >= 0.6 is 15.9 Å². The number of aromatic nitrogens is 3. The van der Waals surface area contributed by atoms with Crippen LogP contribution in [0.4, 0.5) is 0 Å². The fourth-order valence-corrected chi connectivity index (χ4v) is 4.31. The Balaban J connectivity index is 1.70. The van der Waals surface area contributed by atoms with Gasteiger partial charge in [0.25, 0.3) is 5.91 Å². The summed E-state index contributed by atoms with van der Waals surface area (Å²) in [5, 5.41) is 8.39. The number of pyridine rings is 1. The Morgan fingerprint density at radius 1 is 0.933 bits per heavy atom. The van der Waals surface area contributed by atoms with E-state index in [1.54, 1.807) is 0 Å². The Labute approximate surface area is 183 Å². The van der Waals surface area contributed by atoms with Crippen LogP contribution in [0.25, 0.3) is 33.5 Å². The first-order chi connectivity index (χ1) is 14.7. The summed E-state index contributed by atoms with van der Waals surface area (Å²) in [6, 6.07) is 19.9. The molecular weight excluding hydrogens is 440 g/mol. The van der Waals surface area contributed by atoms with Gasteiger partial charge in [0.15, 0.2) is 5.65 Å². The molecule has 2 aromatic carbocycles. The van der Waals surface area contributed by atoms with Crippen molar-refractivity contribution in [2.24, 2.45) is 0 Å². The third kappa shape index (κ3) is 3.52. The highest BCUT2D eigenvalue weighted by molar-refractivity contribution is 9.10. The predicted octanol–water partition coefficient (Wildman–Crippen LogP) is 5.68. The average molecular weight is 461 g/mol. The number of likely N-dealkylation sites (tertiary alicyclic amines) is 1. The minimum absolute atomic E-state index is 0.0547. The first kappa shape index (κ1) is 19.0. The van der Waals surface area contributed by atoms with Gasteiger partial charge in [0.2, 0.25) is 0 Å². The molecular formula is C24H21BrN4O. The summed E-state index contributed by atoms with van der Waals surface area (Å²) in [5.74, 6) is 0.0547. The van der Waals surface area contributed by atoms with Gasteiger partial charge in [-0.2, -0.15) is 5.10 Å². The van der Waals surface area contributed by atoms with Gasteiger partial charge in [0.1, 0.15) is 0 Å². The predicted molar refractivity (Wildman–Crippen MR) is 122 cm³/mol. The molecule has 1 aliphatic heterocycles. The van der Waals surface area contributed by atoms with Crippen molar-refractivity contribution in [2.75, 3.05) is 13.1 Å². The fraction of sp³-hybridized carbons (Fsp3) is 0.208. The molecule has 0 spiro atoms. The number of fused-ring (bicyclic) bond motifs is 1. The van der Waals surface area contributed by atoms with Gasteiger partial charge < -0.3 is 4.90 Å². The van der Waals surface area contributed by atoms with Crippen LogP contribution in [-0.4, -0.2) is 39.1 Å². The topological polar surface area (TPSA) is 61.9 Å². The molecule has 6 heteroatoms. The number of amides is 1. The molecule has 0 aliphatic carbocycles. The van der Waals surface area contributed by atoms with E-state index in [1.807, 2.05) is 65.6 Å². The van der Waals surface area contributed by atoms with E-state index in [9.17, 15) is 4.79 Å². The highest BCUT2D eigenvalue weighted by Crippen LogP contribution is 2.32. The second-order valence-corrected chi connectivity index (χ2v) is 8.49. The number of nitrogens with one attached hydrogen (secondary N) is 1. The van der Waals surface area contributed by atoms with Crippen LogP contribution in [0.2, 0.25) is 0 Å². The molecule has 0 atom stereocenters. The number of aromatic amines is 1. The van der Waals surface area contributed by atoms with Crippen molar-refractivity contribution in [3.05, 3.63) is 70.7 Å². The fourth-order valence-electron chi connectivity index (χ4n) is 4.04. The van der Waals surface area contributed by atoms with Crippen LogP contribution in [0.1, 0.15) is 29.6 Å². The monoisotopic (exact) mass is 460 g/mol. The number of hydrogen-bond donors (Lipinski definition) is 1. The van der Waals surface area contributed by atoms with Crippen molar-refractivity contribution >= 4 is 32.9 Å². The molecule has 4 aromatic rings. The summed E-state index contributed by atoms with van der Waals surface area (Å²) < 4.78 is 1.00. The molecule has 1 fully saturated rings. The first-order valence-electron chi connectivity index (χ1n) is 10.2. The molecule has 1 N–H and O–H groups in total. The van der Waals surface area contributed by atoms with Gasteiger partial charge in [-0.3, -0.25) is 9.89 Å². The lowest BCUT2D eigenvalue weighted by Crippen LogP contribution is -2.35. The van der Waals surface area contributed by atoms with Gasteiger partial charge in [-0.1, -0.05) is 58.4 Å². The van der Waals surface area contributed by atoms with E-state index < -0.39 is 0 Å². The summed E-state index contributed by atoms with van der Waals surface area (Å²) in [7, 11) is 0. The van der Waals surface area contributed by atoms with Crippen molar-refractivity contribution in [3.8, 4) is 22.5 Å². The van der Waals surface area contributed by atoms with E-state index in [4.69, 9.17) is 4.98 Å². The Hall–Kier alpha value is -2.99. The second kappa shape index (κ2) is 8.03. The quantitative estimate of drug-likeness (QED) is 0.427. The van der Waals surface area contributed by atoms with Crippen LogP contribution in [0.5, 0.6) is 0 Å². The van der Waals surface area contributed by atoms with Gasteiger partial charge in [-0.25, -0.2) is 4.98 Å². The molecule has 5 rings (SSSR count). The smallest absolute Gasteiger partial charge is 0.254 e. The van der Waals surface area contributed by atoms with Crippen molar-refractivity contribution < 1.29 is 4.79 Å². The first-order valence-corrected chi connectivity index (χ1v) is 11.0. The van der Waals surface area contributed by atoms with Gasteiger partial charge in [0, 0.05) is 28.7 Å². The Morgan fingerprint density at radius 2 is 1.67 bits per heavy atom. The molecule has 3 heterocycles. The lowest BCUT2D eigenvalue weighted by molar-refractivity contribution is 0.0726. The number of piperidine rings is 1. The van der Waals surface area contributed by atoms with Crippen molar-refractivity contribution in [3.63, 3.8) is 0 Å². The number of carbonyl (C=O) groups is 1. The lowest BCUT2D eigenvalue weighted by Gasteiger charge is -2.27. The maximum Gasteiger partial charge on any atom is 0.254 e. The summed E-state index contributed by atoms with van der Waals surface area (Å²) >= 11 is 3.48. The number of rotatable bonds is 3. The highest BCUT2D eigenvalue weighted by atomic mass is 79.9. The van der Waals surface area contributed by atoms with Gasteiger partial charge in [0.05, 0.1) is 22.3 Å². The number of carbonyl (C=O) groups excluding carboxylic acids is 1. The largest absolute Gasteiger partial charge is 0.339 e. The van der Waals surface area contributed by atoms with Crippen LogP contribution < -0.4 is 0 Å². The SMILES string of the molecule is O=C(c1cc(-c2ccc(Br)cc2)nc2n[nH]c(-c3ccccc3)c12)N1CCCCC1. The molecule has 0 saturated carbocycles. The van der Waals surface area contributed by atoms with Gasteiger partial charge in [-0.15, -0.1) is 0 Å². The summed E-state index contributed by atoms with van der Waals surface area (Å²) in [6.07, 6.45) is 3.29. The molecule has 0 unspecified atom stereocenters. The molecule has 5 nitrogen and oxygen atoms in total. The lowest BCUT2D eigenvalue weighted by atomic mass is 10.0. The van der Waals surface area contributed by atoms with Crippen LogP contribution in [-0.2, 0) is 0 Å². The van der Waals surface area contributed by atoms with E-state index in [0.717, 1.165) is 58.3 Å². The Kier molecular flexibility index (Phi) is 5.09. The minimum atomic E-state index is 0.0547. The van der Waals surface area contributed by atoms with E-state index in [1.165, 1.54) is 6.42 Å². The van der Waals surface area contributed by atoms with Crippen molar-refractivity contribution in [1.29, 1.82) is 0 Å². The maximum atomic E-state index is 13.6. The van der Waals surface area contributed by atoms with Crippen LogP contribution in [0.3, 0.4) is 0 Å². The number of benzene rings is 2. The van der Waals surface area contributed by atoms with Gasteiger partial charge >= 0.3 is 0 Å². The van der Waals surface area contributed by atoms with Gasteiger partial charge in [-0.05, 0) is 37.5 Å². The van der Waals surface area contributed by atoms with Crippen LogP contribution in [0, 0.1) is 0 Å². The molecule has 0 bridgehead atoms. The molecule has 1 saturated heterocycles. The van der Waals surface area contributed by atoms with Crippen molar-refractivity contribution in [1.82, 2.24) is 20.1 Å². The van der Waals surface area contributed by atoms with E-state index >= 15 is 0 Å². The molecule has 0 radical (unpaired) electrons. The van der Waals surface area contributed by atoms with Crippen molar-refractivity contribution in [2.45, 2.75) is 19.3 Å². The number of hydrogen-bond acceptors (Lipinski definition) is 3. The average Bonchev–Trinajstić information content (AvgIpc) is 3.24. The Morgan fingerprint density at radius 3 is 2.40 bits per heavy atom. The standard InChI is InChI=1S/C24H21BrN4O/c25-18-11-9-16(10-12-18)20-15-19(24(30)29-13-5-2-6-14-29)21-22(27-28-23(21)26-20)17-7-3-1-4-8-17/h1,3-4,7-12,15H,2,5-6,13-14H2,(H,26,27,28). The zero-order valence-corrected chi connectivity index (χ0v) is 18.0. The summed E-state index contributed by atoms with van der Waals surface area (Å²) in [6.45, 7) is 1.60. The highest BCUT2D eigenvalue weighted by Gasteiger charge is 2.25. The summed E-state index contributed by atoms with van der Waals surface area (Å²) in [4.78, 5) is 20.3. The molecule has 1 aliphatic rings.